The average Bonchev–Trinajstić information content (AvgIpc) is 2.41. The molecule has 0 unspecified atom stereocenters. The molecule has 1 rings (SSSR count). The third-order valence-electron chi connectivity index (χ3n) is 2.68. The fraction of sp³-hybridized carbons (Fsp3) is 0.385. The van der Waals surface area contributed by atoms with Gasteiger partial charge in [-0.25, -0.2) is 4.79 Å². The Labute approximate surface area is 111 Å². The number of anilines is 2. The van der Waals surface area contributed by atoms with Gasteiger partial charge in [-0.15, -0.1) is 0 Å². The molecule has 0 aliphatic heterocycles. The van der Waals surface area contributed by atoms with Crippen molar-refractivity contribution in [2.75, 3.05) is 31.8 Å². The number of aryl methyl sites for hydroxylation is 1. The number of nitrogens with one attached hydrogen (secondary N) is 1. The maximum absolute atomic E-state index is 11.6. The quantitative estimate of drug-likeness (QED) is 0.617. The van der Waals surface area contributed by atoms with Gasteiger partial charge in [-0.05, 0) is 24.6 Å². The van der Waals surface area contributed by atoms with E-state index in [0.717, 1.165) is 5.56 Å². The lowest BCUT2D eigenvalue weighted by Crippen LogP contribution is -2.12. The molecule has 0 amide bonds. The van der Waals surface area contributed by atoms with E-state index in [4.69, 9.17) is 5.73 Å². The molecule has 1 aromatic carbocycles. The number of methoxy groups -OCH3 is 2. The molecule has 104 valence electrons. The zero-order valence-corrected chi connectivity index (χ0v) is 11.3. The van der Waals surface area contributed by atoms with Crippen molar-refractivity contribution < 1.29 is 19.1 Å². The van der Waals surface area contributed by atoms with Crippen molar-refractivity contribution in [1.29, 1.82) is 0 Å². The van der Waals surface area contributed by atoms with Crippen molar-refractivity contribution in [3.8, 4) is 0 Å². The van der Waals surface area contributed by atoms with Crippen molar-refractivity contribution in [1.82, 2.24) is 0 Å². The van der Waals surface area contributed by atoms with Crippen LogP contribution < -0.4 is 11.1 Å². The molecule has 0 saturated carbocycles. The Morgan fingerprint density at radius 2 is 1.95 bits per heavy atom. The van der Waals surface area contributed by atoms with Gasteiger partial charge in [0.05, 0.1) is 26.2 Å². The summed E-state index contributed by atoms with van der Waals surface area (Å²) in [4.78, 5) is 22.6. The van der Waals surface area contributed by atoms with E-state index in [-0.39, 0.29) is 12.4 Å². The normalized spacial score (nSPS) is 9.84. The molecule has 3 N–H and O–H groups in total. The Bertz CT molecular complexity index is 486. The second-order valence-corrected chi connectivity index (χ2v) is 4.00. The fourth-order valence-corrected chi connectivity index (χ4v) is 1.59. The monoisotopic (exact) mass is 266 g/mol. The summed E-state index contributed by atoms with van der Waals surface area (Å²) in [6, 6.07) is 3.41. The van der Waals surface area contributed by atoms with Crippen LogP contribution in [0.2, 0.25) is 0 Å². The minimum absolute atomic E-state index is 0.244. The lowest BCUT2D eigenvalue weighted by Gasteiger charge is -2.12. The van der Waals surface area contributed by atoms with Crippen molar-refractivity contribution in [2.45, 2.75) is 13.3 Å². The van der Waals surface area contributed by atoms with Crippen LogP contribution in [0.1, 0.15) is 22.3 Å². The lowest BCUT2D eigenvalue weighted by atomic mass is 10.1. The number of rotatable bonds is 5. The molecule has 0 heterocycles. The summed E-state index contributed by atoms with van der Waals surface area (Å²) in [7, 11) is 2.64. The third-order valence-corrected chi connectivity index (χ3v) is 2.68. The highest BCUT2D eigenvalue weighted by molar-refractivity contribution is 5.97. The van der Waals surface area contributed by atoms with E-state index in [0.29, 0.717) is 23.5 Å². The van der Waals surface area contributed by atoms with E-state index >= 15 is 0 Å². The molecule has 19 heavy (non-hydrogen) atoms. The maximum Gasteiger partial charge on any atom is 0.340 e. The van der Waals surface area contributed by atoms with Crippen LogP contribution in [-0.4, -0.2) is 32.7 Å². The standard InChI is InChI=1S/C13H18N2O4/c1-8-6-9(15-5-4-11(16)18-2)7-10(12(8)14)13(17)19-3/h6-7,15H,4-5,14H2,1-3H3. The molecule has 0 aliphatic rings. The lowest BCUT2D eigenvalue weighted by molar-refractivity contribution is -0.140. The number of nitrogens with two attached hydrogens (primary N) is 1. The van der Waals surface area contributed by atoms with E-state index in [1.807, 2.05) is 0 Å². The molecular formula is C13H18N2O4. The van der Waals surface area contributed by atoms with Crippen molar-refractivity contribution in [2.24, 2.45) is 0 Å². The Kier molecular flexibility index (Phi) is 5.17. The van der Waals surface area contributed by atoms with E-state index in [2.05, 4.69) is 14.8 Å². The molecule has 6 heteroatoms. The summed E-state index contributed by atoms with van der Waals surface area (Å²) >= 11 is 0. The van der Waals surface area contributed by atoms with Gasteiger partial charge in [-0.3, -0.25) is 4.79 Å². The molecule has 0 saturated heterocycles. The summed E-state index contributed by atoms with van der Waals surface area (Å²) in [5.41, 5.74) is 8.00. The van der Waals surface area contributed by atoms with Crippen molar-refractivity contribution >= 4 is 23.3 Å². The first-order valence-corrected chi connectivity index (χ1v) is 5.78. The summed E-state index contributed by atoms with van der Waals surface area (Å²) in [5, 5.41) is 3.03. The highest BCUT2D eigenvalue weighted by atomic mass is 16.5. The maximum atomic E-state index is 11.6. The molecule has 0 atom stereocenters. The fourth-order valence-electron chi connectivity index (χ4n) is 1.59. The van der Waals surface area contributed by atoms with Gasteiger partial charge < -0.3 is 20.5 Å². The first-order chi connectivity index (χ1) is 8.99. The van der Waals surface area contributed by atoms with Crippen LogP contribution in [0.4, 0.5) is 11.4 Å². The summed E-state index contributed by atoms with van der Waals surface area (Å²) in [5.74, 6) is -0.787. The number of hydrogen-bond donors (Lipinski definition) is 2. The number of esters is 2. The molecule has 0 aromatic heterocycles. The Hall–Kier alpha value is -2.24. The number of ether oxygens (including phenoxy) is 2. The van der Waals surface area contributed by atoms with Gasteiger partial charge in [0, 0.05) is 17.9 Å². The summed E-state index contributed by atoms with van der Waals surface area (Å²) in [6.07, 6.45) is 0.244. The van der Waals surface area contributed by atoms with Crippen molar-refractivity contribution in [3.63, 3.8) is 0 Å². The van der Waals surface area contributed by atoms with Crippen LogP contribution >= 0.6 is 0 Å². The second-order valence-electron chi connectivity index (χ2n) is 4.00. The second kappa shape index (κ2) is 6.63. The molecule has 6 nitrogen and oxygen atoms in total. The van der Waals surface area contributed by atoms with Gasteiger partial charge in [-0.2, -0.15) is 0 Å². The van der Waals surface area contributed by atoms with Gasteiger partial charge in [0.1, 0.15) is 0 Å². The van der Waals surface area contributed by atoms with Gasteiger partial charge >= 0.3 is 11.9 Å². The smallest absolute Gasteiger partial charge is 0.340 e. The topological polar surface area (TPSA) is 90.6 Å². The first-order valence-electron chi connectivity index (χ1n) is 5.78. The SMILES string of the molecule is COC(=O)CCNc1cc(C)c(N)c(C(=O)OC)c1. The van der Waals surface area contributed by atoms with Crippen LogP contribution in [0.3, 0.4) is 0 Å². The molecular weight excluding hydrogens is 248 g/mol. The van der Waals surface area contributed by atoms with Crippen LogP contribution in [-0.2, 0) is 14.3 Å². The van der Waals surface area contributed by atoms with Crippen LogP contribution in [0.25, 0.3) is 0 Å². The average molecular weight is 266 g/mol. The number of hydrogen-bond acceptors (Lipinski definition) is 6. The zero-order valence-electron chi connectivity index (χ0n) is 11.3. The number of benzene rings is 1. The van der Waals surface area contributed by atoms with E-state index in [1.54, 1.807) is 19.1 Å². The number of nitrogen functional groups attached to an aromatic ring is 1. The van der Waals surface area contributed by atoms with Crippen molar-refractivity contribution in [3.05, 3.63) is 23.3 Å². The number of carbonyl (C=O) groups is 2. The summed E-state index contributed by atoms with van der Waals surface area (Å²) in [6.45, 7) is 2.21. The Morgan fingerprint density at radius 1 is 1.26 bits per heavy atom. The van der Waals surface area contributed by atoms with Gasteiger partial charge in [0.25, 0.3) is 0 Å². The number of carbonyl (C=O) groups excluding carboxylic acids is 2. The molecule has 0 spiro atoms. The van der Waals surface area contributed by atoms with Crippen LogP contribution in [0, 0.1) is 6.92 Å². The Balaban J connectivity index is 2.82. The van der Waals surface area contributed by atoms with E-state index < -0.39 is 5.97 Å². The molecule has 0 aliphatic carbocycles. The van der Waals surface area contributed by atoms with Gasteiger partial charge in [0.2, 0.25) is 0 Å². The molecule has 0 radical (unpaired) electrons. The predicted octanol–water partition coefficient (Wildman–Crippen LogP) is 1.34. The van der Waals surface area contributed by atoms with Gasteiger partial charge in [-0.1, -0.05) is 0 Å². The molecule has 0 fully saturated rings. The van der Waals surface area contributed by atoms with E-state index in [9.17, 15) is 9.59 Å². The summed E-state index contributed by atoms with van der Waals surface area (Å²) < 4.78 is 9.20. The highest BCUT2D eigenvalue weighted by Crippen LogP contribution is 2.23. The Morgan fingerprint density at radius 3 is 2.53 bits per heavy atom. The van der Waals surface area contributed by atoms with E-state index in [1.165, 1.54) is 14.2 Å². The zero-order chi connectivity index (χ0) is 14.4. The van der Waals surface area contributed by atoms with Crippen LogP contribution in [0.15, 0.2) is 12.1 Å². The van der Waals surface area contributed by atoms with Gasteiger partial charge in [0.15, 0.2) is 0 Å². The molecule has 1 aromatic rings. The third kappa shape index (κ3) is 3.87. The molecule has 0 bridgehead atoms. The minimum atomic E-state index is -0.489. The minimum Gasteiger partial charge on any atom is -0.469 e. The highest BCUT2D eigenvalue weighted by Gasteiger charge is 2.13. The predicted molar refractivity (Wildman–Crippen MR) is 72.1 cm³/mol. The first kappa shape index (κ1) is 14.8. The largest absolute Gasteiger partial charge is 0.469 e. The van der Waals surface area contributed by atoms with Crippen LogP contribution in [0.5, 0.6) is 0 Å².